The monoisotopic (exact) mass is 257 g/mol. The summed E-state index contributed by atoms with van der Waals surface area (Å²) in [6, 6.07) is 0. The maximum absolute atomic E-state index is 8.52. The number of rotatable bonds is 4. The second-order valence-electron chi connectivity index (χ2n) is 6.78. The van der Waals surface area contributed by atoms with Crippen LogP contribution in [0.3, 0.4) is 0 Å². The molecule has 0 aromatic heterocycles. The zero-order chi connectivity index (χ0) is 13.1. The molecule has 0 unspecified atom stereocenters. The largest absolute Gasteiger partial charge is 0.417 e. The number of hydrogen-bond acceptors (Lipinski definition) is 3. The fourth-order valence-corrected chi connectivity index (χ4v) is 3.12. The van der Waals surface area contributed by atoms with E-state index in [1.54, 1.807) is 6.21 Å². The topological polar surface area (TPSA) is 41.8 Å². The lowest BCUT2D eigenvalue weighted by Crippen LogP contribution is -2.41. The van der Waals surface area contributed by atoms with Crippen molar-refractivity contribution < 1.29 is 9.63 Å². The molecule has 1 aliphatic carbocycles. The molecule has 0 saturated heterocycles. The first kappa shape index (κ1) is 14.7. The van der Waals surface area contributed by atoms with Crippen LogP contribution in [0.25, 0.3) is 0 Å². The van der Waals surface area contributed by atoms with Crippen LogP contribution < -0.4 is 0 Å². The molecule has 1 N–H and O–H groups in total. The molecule has 2 atom stereocenters. The van der Waals surface area contributed by atoms with Crippen LogP contribution in [0.4, 0.5) is 0 Å². The second kappa shape index (κ2) is 5.53. The summed E-state index contributed by atoms with van der Waals surface area (Å²) in [6.45, 7) is 12.3. The lowest BCUT2D eigenvalue weighted by molar-refractivity contribution is 0.229. The van der Waals surface area contributed by atoms with Crippen molar-refractivity contribution in [3.63, 3.8) is 0 Å². The minimum absolute atomic E-state index is 0.289. The van der Waals surface area contributed by atoms with E-state index in [1.807, 2.05) is 0 Å². The van der Waals surface area contributed by atoms with Crippen molar-refractivity contribution in [2.45, 2.75) is 58.2 Å². The molecule has 0 bridgehead atoms. The Hall–Kier alpha value is -0.353. The van der Waals surface area contributed by atoms with Crippen molar-refractivity contribution in [2.75, 3.05) is 6.61 Å². The van der Waals surface area contributed by atoms with Gasteiger partial charge < -0.3 is 9.63 Å². The molecule has 0 spiro atoms. The highest BCUT2D eigenvalue weighted by molar-refractivity contribution is 6.74. The van der Waals surface area contributed by atoms with Gasteiger partial charge >= 0.3 is 0 Å². The predicted octanol–water partition coefficient (Wildman–Crippen LogP) is 3.88. The van der Waals surface area contributed by atoms with Crippen LogP contribution >= 0.6 is 0 Å². The summed E-state index contributed by atoms with van der Waals surface area (Å²) in [6.07, 6.45) is 5.12. The molecular weight excluding hydrogens is 230 g/mol. The van der Waals surface area contributed by atoms with E-state index in [2.05, 4.69) is 39.0 Å². The van der Waals surface area contributed by atoms with Gasteiger partial charge in [-0.15, -0.1) is 5.16 Å². The molecule has 0 amide bonds. The highest BCUT2D eigenvalue weighted by Crippen LogP contribution is 2.38. The Morgan fingerprint density at radius 2 is 2.00 bits per heavy atom. The molecule has 0 aromatic rings. The Kier molecular flexibility index (Phi) is 4.78. The van der Waals surface area contributed by atoms with Crippen LogP contribution in [-0.2, 0) is 4.43 Å². The van der Waals surface area contributed by atoms with Crippen molar-refractivity contribution in [3.8, 4) is 0 Å². The molecule has 0 aliphatic heterocycles. The van der Waals surface area contributed by atoms with Gasteiger partial charge in [0, 0.05) is 12.8 Å². The van der Waals surface area contributed by atoms with Crippen LogP contribution in [0.5, 0.6) is 0 Å². The van der Waals surface area contributed by atoms with E-state index >= 15 is 0 Å². The summed E-state index contributed by atoms with van der Waals surface area (Å²) in [7, 11) is -1.60. The fraction of sp³-hybridized carbons (Fsp3) is 0.923. The van der Waals surface area contributed by atoms with E-state index in [-0.39, 0.29) is 5.04 Å². The van der Waals surface area contributed by atoms with Gasteiger partial charge in [0.1, 0.15) is 0 Å². The fourth-order valence-electron chi connectivity index (χ4n) is 2.04. The molecule has 1 fully saturated rings. The van der Waals surface area contributed by atoms with Gasteiger partial charge in [0.2, 0.25) is 0 Å². The molecule has 4 heteroatoms. The number of nitrogens with zero attached hydrogens (tertiary/aromatic N) is 1. The predicted molar refractivity (Wildman–Crippen MR) is 74.3 cm³/mol. The summed E-state index contributed by atoms with van der Waals surface area (Å²) >= 11 is 0. The average Bonchev–Trinajstić information content (AvgIpc) is 2.62. The first-order valence-corrected chi connectivity index (χ1v) is 9.48. The molecule has 3 nitrogen and oxygen atoms in total. The Bertz CT molecular complexity index is 271. The first-order valence-electron chi connectivity index (χ1n) is 6.58. The lowest BCUT2D eigenvalue weighted by atomic mass is 10.1. The third-order valence-electron chi connectivity index (χ3n) is 4.35. The third-order valence-corrected chi connectivity index (χ3v) is 8.85. The summed E-state index contributed by atoms with van der Waals surface area (Å²) in [5.74, 6) is 1.10. The smallest absolute Gasteiger partial charge is 0.191 e. The number of hydrogen-bond donors (Lipinski definition) is 1. The van der Waals surface area contributed by atoms with Crippen molar-refractivity contribution in [1.82, 2.24) is 0 Å². The lowest BCUT2D eigenvalue weighted by Gasteiger charge is -2.37. The minimum Gasteiger partial charge on any atom is -0.417 e. The Labute approximate surface area is 106 Å². The maximum atomic E-state index is 8.52. The molecule has 100 valence electrons. The number of oxime groups is 1. The van der Waals surface area contributed by atoms with E-state index in [0.29, 0.717) is 11.8 Å². The highest BCUT2D eigenvalue weighted by Gasteiger charge is 2.38. The summed E-state index contributed by atoms with van der Waals surface area (Å²) in [4.78, 5) is 0. The summed E-state index contributed by atoms with van der Waals surface area (Å²) < 4.78 is 6.24. The van der Waals surface area contributed by atoms with Crippen molar-refractivity contribution in [3.05, 3.63) is 0 Å². The Morgan fingerprint density at radius 1 is 1.35 bits per heavy atom. The van der Waals surface area contributed by atoms with Crippen molar-refractivity contribution in [2.24, 2.45) is 17.0 Å². The molecule has 17 heavy (non-hydrogen) atoms. The summed E-state index contributed by atoms with van der Waals surface area (Å²) in [5, 5.41) is 12.0. The molecule has 0 aromatic carbocycles. The van der Waals surface area contributed by atoms with Gasteiger partial charge in [0.15, 0.2) is 8.32 Å². The minimum atomic E-state index is -1.60. The summed E-state index contributed by atoms with van der Waals surface area (Å²) in [5.41, 5.74) is 0. The van der Waals surface area contributed by atoms with Crippen LogP contribution in [-0.4, -0.2) is 26.3 Å². The van der Waals surface area contributed by atoms with Crippen LogP contribution in [0.1, 0.15) is 40.0 Å². The van der Waals surface area contributed by atoms with E-state index in [4.69, 9.17) is 9.63 Å². The molecule has 1 aliphatic rings. The van der Waals surface area contributed by atoms with Crippen LogP contribution in [0, 0.1) is 11.8 Å². The van der Waals surface area contributed by atoms with Crippen LogP contribution in [0.2, 0.25) is 18.1 Å². The molecule has 0 radical (unpaired) electrons. The van der Waals surface area contributed by atoms with E-state index in [0.717, 1.165) is 19.4 Å². The molecule has 1 rings (SSSR count). The van der Waals surface area contributed by atoms with Crippen molar-refractivity contribution in [1.29, 1.82) is 0 Å². The van der Waals surface area contributed by atoms with Gasteiger partial charge in [0.05, 0.1) is 0 Å². The SMILES string of the molecule is CC(C)(C)[Si](C)(C)OC[C@H]1CC[C@@H](C=NO)C1. The van der Waals surface area contributed by atoms with Crippen LogP contribution in [0.15, 0.2) is 5.16 Å². The van der Waals surface area contributed by atoms with Gasteiger partial charge in [-0.2, -0.15) is 0 Å². The highest BCUT2D eigenvalue weighted by atomic mass is 28.4. The van der Waals surface area contributed by atoms with E-state index in [9.17, 15) is 0 Å². The zero-order valence-corrected chi connectivity index (χ0v) is 12.9. The van der Waals surface area contributed by atoms with E-state index in [1.165, 1.54) is 6.42 Å². The van der Waals surface area contributed by atoms with Gasteiger partial charge in [-0.25, -0.2) is 0 Å². The normalized spacial score (nSPS) is 26.9. The second-order valence-corrected chi connectivity index (χ2v) is 11.6. The van der Waals surface area contributed by atoms with Gasteiger partial charge in [-0.3, -0.25) is 0 Å². The first-order chi connectivity index (χ1) is 7.76. The van der Waals surface area contributed by atoms with Gasteiger partial charge in [-0.1, -0.05) is 20.8 Å². The standard InChI is InChI=1S/C13H27NO2Si/c1-13(2,3)17(4,5)16-10-12-7-6-11(8-12)9-14-15/h9,11-12,15H,6-8,10H2,1-5H3/t11-,12+/m1/s1. The van der Waals surface area contributed by atoms with Crippen molar-refractivity contribution >= 4 is 14.5 Å². The third kappa shape index (κ3) is 4.10. The quantitative estimate of drug-likeness (QED) is 0.359. The Morgan fingerprint density at radius 3 is 2.53 bits per heavy atom. The average molecular weight is 257 g/mol. The Balaban J connectivity index is 2.38. The van der Waals surface area contributed by atoms with Gasteiger partial charge in [0.25, 0.3) is 0 Å². The van der Waals surface area contributed by atoms with E-state index < -0.39 is 8.32 Å². The molecule has 1 saturated carbocycles. The van der Waals surface area contributed by atoms with Gasteiger partial charge in [-0.05, 0) is 49.2 Å². The maximum Gasteiger partial charge on any atom is 0.191 e. The zero-order valence-electron chi connectivity index (χ0n) is 11.9. The molecule has 0 heterocycles. The molecular formula is C13H27NO2Si.